The Morgan fingerprint density at radius 1 is 1.22 bits per heavy atom. The Kier molecular flexibility index (Phi) is 4.44. The Labute approximate surface area is 121 Å². The summed E-state index contributed by atoms with van der Waals surface area (Å²) in [5.41, 5.74) is 9.74. The summed E-state index contributed by atoms with van der Waals surface area (Å²) in [6, 6.07) is 14.0. The molecule has 2 aromatic rings. The predicted octanol–water partition coefficient (Wildman–Crippen LogP) is 4.65. The predicted molar refractivity (Wildman–Crippen MR) is 81.0 cm³/mol. The number of halogens is 2. The van der Waals surface area contributed by atoms with E-state index in [0.29, 0.717) is 0 Å². The molecule has 3 heteroatoms. The zero-order chi connectivity index (χ0) is 13.1. The molecule has 0 aliphatic heterocycles. The normalized spacial score (nSPS) is 12.4. The van der Waals surface area contributed by atoms with Gasteiger partial charge < -0.3 is 5.73 Å². The molecule has 0 saturated carbocycles. The second kappa shape index (κ2) is 5.87. The van der Waals surface area contributed by atoms with Crippen molar-refractivity contribution < 1.29 is 0 Å². The Morgan fingerprint density at radius 2 is 1.94 bits per heavy atom. The summed E-state index contributed by atoms with van der Waals surface area (Å²) in [5.74, 6) is 0. The molecule has 1 unspecified atom stereocenters. The van der Waals surface area contributed by atoms with Gasteiger partial charge in [-0.25, -0.2) is 0 Å². The maximum Gasteiger partial charge on any atom is 0.0438 e. The molecule has 0 aliphatic rings. The van der Waals surface area contributed by atoms with E-state index in [2.05, 4.69) is 35.0 Å². The van der Waals surface area contributed by atoms with Gasteiger partial charge in [-0.2, -0.15) is 0 Å². The fourth-order valence-corrected chi connectivity index (χ4v) is 2.61. The lowest BCUT2D eigenvalue weighted by Gasteiger charge is -2.16. The van der Waals surface area contributed by atoms with Crippen LogP contribution in [0.25, 0.3) is 0 Å². The van der Waals surface area contributed by atoms with E-state index in [1.807, 2.05) is 30.3 Å². The minimum atomic E-state index is -0.0394. The maximum absolute atomic E-state index is 6.29. The minimum Gasteiger partial charge on any atom is -0.324 e. The summed E-state index contributed by atoms with van der Waals surface area (Å²) < 4.78 is 1.05. The van der Waals surface area contributed by atoms with Crippen molar-refractivity contribution in [3.63, 3.8) is 0 Å². The first-order valence-electron chi connectivity index (χ1n) is 5.83. The number of nitrogens with two attached hydrogens (primary N) is 1. The molecule has 18 heavy (non-hydrogen) atoms. The zero-order valence-electron chi connectivity index (χ0n) is 10.2. The number of hydrogen-bond donors (Lipinski definition) is 1. The molecular formula is C15H15BrClN. The summed E-state index contributed by atoms with van der Waals surface area (Å²) in [4.78, 5) is 0. The third-order valence-electron chi connectivity index (χ3n) is 3.04. The van der Waals surface area contributed by atoms with Crippen LogP contribution in [0.4, 0.5) is 0 Å². The van der Waals surface area contributed by atoms with Crippen molar-refractivity contribution in [2.24, 2.45) is 5.73 Å². The van der Waals surface area contributed by atoms with E-state index >= 15 is 0 Å². The lowest BCUT2D eigenvalue weighted by Crippen LogP contribution is -2.15. The molecule has 2 N–H and O–H groups in total. The fraction of sp³-hybridized carbons (Fsp3) is 0.200. The molecule has 0 amide bonds. The van der Waals surface area contributed by atoms with Crippen molar-refractivity contribution in [3.8, 4) is 0 Å². The molecule has 0 spiro atoms. The molecule has 0 saturated heterocycles. The van der Waals surface area contributed by atoms with Gasteiger partial charge in [0.2, 0.25) is 0 Å². The average Bonchev–Trinajstić information content (AvgIpc) is 2.35. The quantitative estimate of drug-likeness (QED) is 0.873. The molecule has 0 radical (unpaired) electrons. The number of aryl methyl sites for hydroxylation is 1. The molecule has 0 bridgehead atoms. The highest BCUT2D eigenvalue weighted by Crippen LogP contribution is 2.26. The van der Waals surface area contributed by atoms with E-state index in [4.69, 9.17) is 17.3 Å². The van der Waals surface area contributed by atoms with Gasteiger partial charge in [-0.05, 0) is 48.2 Å². The fourth-order valence-electron chi connectivity index (χ4n) is 2.02. The Morgan fingerprint density at radius 3 is 2.67 bits per heavy atom. The molecule has 94 valence electrons. The number of benzene rings is 2. The second-order valence-corrected chi connectivity index (χ2v) is 5.73. The number of hydrogen-bond acceptors (Lipinski definition) is 1. The summed E-state index contributed by atoms with van der Waals surface area (Å²) in [5, 5.41) is 0.778. The van der Waals surface area contributed by atoms with E-state index in [1.54, 1.807) is 0 Å². The molecule has 0 heterocycles. The van der Waals surface area contributed by atoms with Crippen LogP contribution in [0, 0.1) is 6.92 Å². The van der Waals surface area contributed by atoms with Gasteiger partial charge in [-0.1, -0.05) is 51.8 Å². The van der Waals surface area contributed by atoms with Gasteiger partial charge in [-0.15, -0.1) is 0 Å². The van der Waals surface area contributed by atoms with Crippen molar-refractivity contribution in [1.29, 1.82) is 0 Å². The van der Waals surface area contributed by atoms with Gasteiger partial charge in [0.25, 0.3) is 0 Å². The smallest absolute Gasteiger partial charge is 0.0438 e. The van der Waals surface area contributed by atoms with Crippen LogP contribution in [0.3, 0.4) is 0 Å². The van der Waals surface area contributed by atoms with Crippen molar-refractivity contribution in [1.82, 2.24) is 0 Å². The van der Waals surface area contributed by atoms with Crippen LogP contribution < -0.4 is 5.73 Å². The van der Waals surface area contributed by atoms with Crippen LogP contribution in [0.1, 0.15) is 22.7 Å². The average molecular weight is 325 g/mol. The van der Waals surface area contributed by atoms with E-state index in [9.17, 15) is 0 Å². The monoisotopic (exact) mass is 323 g/mol. The van der Waals surface area contributed by atoms with Crippen molar-refractivity contribution >= 4 is 27.5 Å². The third kappa shape index (κ3) is 3.14. The van der Waals surface area contributed by atoms with E-state index in [1.165, 1.54) is 5.56 Å². The maximum atomic E-state index is 6.29. The van der Waals surface area contributed by atoms with Gasteiger partial charge in [-0.3, -0.25) is 0 Å². The van der Waals surface area contributed by atoms with E-state index in [-0.39, 0.29) is 6.04 Å². The minimum absolute atomic E-state index is 0.0394. The summed E-state index contributed by atoms with van der Waals surface area (Å²) in [7, 11) is 0. The first-order valence-corrected chi connectivity index (χ1v) is 7.00. The highest BCUT2D eigenvalue weighted by molar-refractivity contribution is 9.10. The van der Waals surface area contributed by atoms with Gasteiger partial charge in [0, 0.05) is 15.5 Å². The molecule has 0 aromatic heterocycles. The molecule has 1 nitrogen and oxygen atoms in total. The lowest BCUT2D eigenvalue weighted by atomic mass is 9.96. The first-order chi connectivity index (χ1) is 8.58. The van der Waals surface area contributed by atoms with Crippen molar-refractivity contribution in [2.75, 3.05) is 0 Å². The topological polar surface area (TPSA) is 26.0 Å². The van der Waals surface area contributed by atoms with Gasteiger partial charge in [0.15, 0.2) is 0 Å². The Hall–Kier alpha value is -0.830. The standard InChI is InChI=1S/C15H15BrClN/c1-10-6-7-12(16)9-13(10)15(18)8-11-4-2-3-5-14(11)17/h2-7,9,15H,8,18H2,1H3. The van der Waals surface area contributed by atoms with E-state index < -0.39 is 0 Å². The summed E-state index contributed by atoms with van der Waals surface area (Å²) in [6.07, 6.45) is 0.747. The first kappa shape index (κ1) is 13.6. The summed E-state index contributed by atoms with van der Waals surface area (Å²) >= 11 is 9.64. The largest absolute Gasteiger partial charge is 0.324 e. The molecule has 2 rings (SSSR count). The molecular weight excluding hydrogens is 310 g/mol. The third-order valence-corrected chi connectivity index (χ3v) is 3.90. The molecule has 0 aliphatic carbocycles. The molecule has 2 aromatic carbocycles. The zero-order valence-corrected chi connectivity index (χ0v) is 12.5. The van der Waals surface area contributed by atoms with Crippen LogP contribution in [-0.4, -0.2) is 0 Å². The van der Waals surface area contributed by atoms with Crippen molar-refractivity contribution in [2.45, 2.75) is 19.4 Å². The van der Waals surface area contributed by atoms with Gasteiger partial charge in [0.1, 0.15) is 0 Å². The Balaban J connectivity index is 2.25. The highest BCUT2D eigenvalue weighted by Gasteiger charge is 2.12. The molecule has 0 fully saturated rings. The van der Waals surface area contributed by atoms with Crippen molar-refractivity contribution in [3.05, 3.63) is 68.7 Å². The molecule has 1 atom stereocenters. The van der Waals surface area contributed by atoms with Crippen LogP contribution in [0.5, 0.6) is 0 Å². The SMILES string of the molecule is Cc1ccc(Br)cc1C(N)Cc1ccccc1Cl. The Bertz CT molecular complexity index is 554. The number of rotatable bonds is 3. The van der Waals surface area contributed by atoms with Crippen LogP contribution in [0.15, 0.2) is 46.9 Å². The summed E-state index contributed by atoms with van der Waals surface area (Å²) in [6.45, 7) is 2.08. The van der Waals surface area contributed by atoms with Gasteiger partial charge in [0.05, 0.1) is 0 Å². The van der Waals surface area contributed by atoms with Crippen LogP contribution in [-0.2, 0) is 6.42 Å². The van der Waals surface area contributed by atoms with Crippen LogP contribution in [0.2, 0.25) is 5.02 Å². The highest BCUT2D eigenvalue weighted by atomic mass is 79.9. The lowest BCUT2D eigenvalue weighted by molar-refractivity contribution is 0.716. The second-order valence-electron chi connectivity index (χ2n) is 4.40. The van der Waals surface area contributed by atoms with E-state index in [0.717, 1.165) is 27.0 Å². The van der Waals surface area contributed by atoms with Gasteiger partial charge >= 0.3 is 0 Å². The van der Waals surface area contributed by atoms with Crippen LogP contribution >= 0.6 is 27.5 Å².